The number of ether oxygens (including phenoxy) is 1. The number of nitrogens with one attached hydrogen (secondary N) is 3. The number of guanidine groups is 1. The summed E-state index contributed by atoms with van der Waals surface area (Å²) in [4.78, 5) is 33.3. The van der Waals surface area contributed by atoms with Crippen LogP contribution in [-0.4, -0.2) is 48.6 Å². The summed E-state index contributed by atoms with van der Waals surface area (Å²) >= 11 is 1.34. The van der Waals surface area contributed by atoms with Gasteiger partial charge in [0.05, 0.1) is 18.3 Å². The highest BCUT2D eigenvalue weighted by atomic mass is 32.1. The second kappa shape index (κ2) is 11.0. The van der Waals surface area contributed by atoms with E-state index in [9.17, 15) is 9.59 Å². The number of nitrogens with zero attached hydrogens (tertiary/aromatic N) is 2. The van der Waals surface area contributed by atoms with Crippen molar-refractivity contribution in [3.63, 3.8) is 0 Å². The van der Waals surface area contributed by atoms with Gasteiger partial charge in [0.2, 0.25) is 5.91 Å². The SMILES string of the molecule is CCNC(=NCCCC(=O)NC1CC1)NC(C)c1nc(C)c(C(=O)OCC)s1. The summed E-state index contributed by atoms with van der Waals surface area (Å²) in [6.45, 7) is 9.20. The predicted octanol–water partition coefficient (Wildman–Crippen LogP) is 2.30. The Hall–Kier alpha value is -2.16. The van der Waals surface area contributed by atoms with Crippen LogP contribution in [0, 0.1) is 6.92 Å². The maximum Gasteiger partial charge on any atom is 0.350 e. The minimum atomic E-state index is -0.332. The first-order valence-corrected chi connectivity index (χ1v) is 10.7. The van der Waals surface area contributed by atoms with Gasteiger partial charge < -0.3 is 20.7 Å². The van der Waals surface area contributed by atoms with Gasteiger partial charge in [-0.1, -0.05) is 0 Å². The average molecular weight is 410 g/mol. The first-order valence-electron chi connectivity index (χ1n) is 9.93. The Kier molecular flexibility index (Phi) is 8.69. The zero-order valence-corrected chi connectivity index (χ0v) is 17.9. The number of esters is 1. The van der Waals surface area contributed by atoms with Crippen molar-refractivity contribution in [3.05, 3.63) is 15.6 Å². The normalized spacial score (nSPS) is 15.1. The molecule has 1 saturated carbocycles. The molecule has 1 amide bonds. The molecule has 1 heterocycles. The lowest BCUT2D eigenvalue weighted by Crippen LogP contribution is -2.38. The molecule has 0 bridgehead atoms. The first kappa shape index (κ1) is 22.1. The van der Waals surface area contributed by atoms with Crippen molar-refractivity contribution < 1.29 is 14.3 Å². The molecule has 0 radical (unpaired) electrons. The Balaban J connectivity index is 1.88. The molecule has 8 nitrogen and oxygen atoms in total. The number of aromatic nitrogens is 1. The van der Waals surface area contributed by atoms with Crippen LogP contribution in [0.4, 0.5) is 0 Å². The third-order valence-electron chi connectivity index (χ3n) is 4.12. The van der Waals surface area contributed by atoms with E-state index >= 15 is 0 Å². The summed E-state index contributed by atoms with van der Waals surface area (Å²) in [5.74, 6) is 0.443. The van der Waals surface area contributed by atoms with Crippen LogP contribution in [0.3, 0.4) is 0 Å². The van der Waals surface area contributed by atoms with E-state index in [-0.39, 0.29) is 17.9 Å². The zero-order valence-electron chi connectivity index (χ0n) is 17.1. The molecule has 156 valence electrons. The molecule has 0 aromatic carbocycles. The minimum Gasteiger partial charge on any atom is -0.462 e. The molecule has 1 atom stereocenters. The average Bonchev–Trinajstić information content (AvgIpc) is 3.37. The highest BCUT2D eigenvalue weighted by Gasteiger charge is 2.23. The van der Waals surface area contributed by atoms with Crippen molar-refractivity contribution in [2.75, 3.05) is 19.7 Å². The van der Waals surface area contributed by atoms with Gasteiger partial charge in [-0.05, 0) is 47.0 Å². The molecule has 1 unspecified atom stereocenters. The summed E-state index contributed by atoms with van der Waals surface area (Å²) in [7, 11) is 0. The number of carbonyl (C=O) groups excluding carboxylic acids is 2. The summed E-state index contributed by atoms with van der Waals surface area (Å²) in [6, 6.07) is 0.292. The van der Waals surface area contributed by atoms with Crippen LogP contribution in [0.5, 0.6) is 0 Å². The van der Waals surface area contributed by atoms with E-state index in [2.05, 4.69) is 25.9 Å². The fraction of sp³-hybridized carbons (Fsp3) is 0.684. The van der Waals surface area contributed by atoms with Crippen molar-refractivity contribution in [3.8, 4) is 0 Å². The van der Waals surface area contributed by atoms with E-state index in [1.165, 1.54) is 11.3 Å². The standard InChI is InChI=1S/C19H31N5O3S/c1-5-20-19(21-11-7-8-15(25)24-14-9-10-14)23-13(4)17-22-12(3)16(28-17)18(26)27-6-2/h13-14H,5-11H2,1-4H3,(H,24,25)(H2,20,21,23). The lowest BCUT2D eigenvalue weighted by atomic mass is 10.3. The van der Waals surface area contributed by atoms with Crippen molar-refractivity contribution >= 4 is 29.2 Å². The van der Waals surface area contributed by atoms with E-state index in [1.807, 2.05) is 20.8 Å². The van der Waals surface area contributed by atoms with Gasteiger partial charge in [-0.2, -0.15) is 0 Å². The lowest BCUT2D eigenvalue weighted by Gasteiger charge is -2.16. The minimum absolute atomic E-state index is 0.105. The molecule has 3 N–H and O–H groups in total. The summed E-state index contributed by atoms with van der Waals surface area (Å²) < 4.78 is 5.08. The van der Waals surface area contributed by atoms with E-state index in [4.69, 9.17) is 4.74 Å². The Labute approximate surface area is 170 Å². The van der Waals surface area contributed by atoms with Gasteiger partial charge in [-0.15, -0.1) is 11.3 Å². The van der Waals surface area contributed by atoms with Gasteiger partial charge in [0.15, 0.2) is 5.96 Å². The maximum atomic E-state index is 12.0. The van der Waals surface area contributed by atoms with E-state index < -0.39 is 0 Å². The number of amides is 1. The molecule has 0 aliphatic heterocycles. The molecular weight excluding hydrogens is 378 g/mol. The molecule has 28 heavy (non-hydrogen) atoms. The van der Waals surface area contributed by atoms with Crippen molar-refractivity contribution in [2.45, 2.75) is 65.5 Å². The van der Waals surface area contributed by atoms with E-state index in [1.54, 1.807) is 6.92 Å². The second-order valence-corrected chi connectivity index (χ2v) is 7.79. The lowest BCUT2D eigenvalue weighted by molar-refractivity contribution is -0.121. The molecule has 1 aliphatic carbocycles. The maximum absolute atomic E-state index is 12.0. The highest BCUT2D eigenvalue weighted by molar-refractivity contribution is 7.13. The number of hydrogen-bond donors (Lipinski definition) is 3. The highest BCUT2D eigenvalue weighted by Crippen LogP contribution is 2.24. The molecule has 2 rings (SSSR count). The Bertz CT molecular complexity index is 700. The smallest absolute Gasteiger partial charge is 0.350 e. The van der Waals surface area contributed by atoms with Crippen LogP contribution in [0.1, 0.15) is 72.9 Å². The number of aliphatic imine (C=N–C) groups is 1. The molecule has 1 aromatic heterocycles. The van der Waals surface area contributed by atoms with Gasteiger partial charge in [-0.3, -0.25) is 9.79 Å². The molecule has 1 fully saturated rings. The Morgan fingerprint density at radius 3 is 2.75 bits per heavy atom. The third kappa shape index (κ3) is 7.10. The quantitative estimate of drug-likeness (QED) is 0.237. The zero-order chi connectivity index (χ0) is 20.5. The van der Waals surface area contributed by atoms with Gasteiger partial charge in [0.1, 0.15) is 9.88 Å². The number of rotatable bonds is 10. The number of thiazole rings is 1. The van der Waals surface area contributed by atoms with Crippen LogP contribution in [0.15, 0.2) is 4.99 Å². The number of carbonyl (C=O) groups is 2. The van der Waals surface area contributed by atoms with E-state index in [0.717, 1.165) is 24.4 Å². The van der Waals surface area contributed by atoms with Crippen molar-refractivity contribution in [1.29, 1.82) is 0 Å². The third-order valence-corrected chi connectivity index (χ3v) is 5.44. The van der Waals surface area contributed by atoms with Gasteiger partial charge in [0.25, 0.3) is 0 Å². The monoisotopic (exact) mass is 409 g/mol. The van der Waals surface area contributed by atoms with Crippen molar-refractivity contribution in [2.24, 2.45) is 4.99 Å². The molecule has 9 heteroatoms. The summed E-state index contributed by atoms with van der Waals surface area (Å²) in [5.41, 5.74) is 0.677. The predicted molar refractivity (Wildman–Crippen MR) is 111 cm³/mol. The fourth-order valence-corrected chi connectivity index (χ4v) is 3.50. The van der Waals surface area contributed by atoms with Crippen LogP contribution < -0.4 is 16.0 Å². The molecular formula is C19H31N5O3S. The van der Waals surface area contributed by atoms with Crippen LogP contribution in [0.2, 0.25) is 0 Å². The number of hydrogen-bond acceptors (Lipinski definition) is 6. The largest absolute Gasteiger partial charge is 0.462 e. The molecule has 0 spiro atoms. The summed E-state index contributed by atoms with van der Waals surface area (Å²) in [5, 5.41) is 10.3. The Morgan fingerprint density at radius 1 is 1.36 bits per heavy atom. The van der Waals surface area contributed by atoms with E-state index in [0.29, 0.717) is 48.6 Å². The Morgan fingerprint density at radius 2 is 2.11 bits per heavy atom. The fourth-order valence-electron chi connectivity index (χ4n) is 2.53. The molecule has 0 saturated heterocycles. The van der Waals surface area contributed by atoms with Crippen molar-refractivity contribution in [1.82, 2.24) is 20.9 Å². The second-order valence-electron chi connectivity index (χ2n) is 6.76. The topological polar surface area (TPSA) is 105 Å². The molecule has 1 aliphatic rings. The van der Waals surface area contributed by atoms with Crippen LogP contribution in [0.25, 0.3) is 0 Å². The van der Waals surface area contributed by atoms with Gasteiger partial charge in [0, 0.05) is 25.6 Å². The van der Waals surface area contributed by atoms with Gasteiger partial charge in [-0.25, -0.2) is 9.78 Å². The van der Waals surface area contributed by atoms with Crippen LogP contribution >= 0.6 is 11.3 Å². The molecule has 1 aromatic rings. The first-order chi connectivity index (χ1) is 13.4. The van der Waals surface area contributed by atoms with Gasteiger partial charge >= 0.3 is 5.97 Å². The van der Waals surface area contributed by atoms with Crippen LogP contribution in [-0.2, 0) is 9.53 Å². The number of aryl methyl sites for hydroxylation is 1. The summed E-state index contributed by atoms with van der Waals surface area (Å²) in [6.07, 6.45) is 3.39.